The molecule has 1 aromatic rings. The molecule has 1 aromatic carbocycles. The van der Waals surface area contributed by atoms with Gasteiger partial charge in [-0.1, -0.05) is 13.0 Å². The summed E-state index contributed by atoms with van der Waals surface area (Å²) in [7, 11) is 0. The number of aryl methyl sites for hydroxylation is 1. The SMILES string of the molecule is CCN(I)Cc1cc(C)cc(O)c1. The fourth-order valence-electron chi connectivity index (χ4n) is 1.24. The molecule has 1 rings (SSSR count). The van der Waals surface area contributed by atoms with Crippen molar-refractivity contribution in [1.82, 2.24) is 3.11 Å². The lowest BCUT2D eigenvalue weighted by Crippen LogP contribution is -2.09. The topological polar surface area (TPSA) is 23.5 Å². The van der Waals surface area contributed by atoms with Gasteiger partial charge in [-0.2, -0.15) is 0 Å². The van der Waals surface area contributed by atoms with Crippen LogP contribution < -0.4 is 0 Å². The lowest BCUT2D eigenvalue weighted by molar-refractivity contribution is 0.471. The minimum Gasteiger partial charge on any atom is -0.508 e. The van der Waals surface area contributed by atoms with Crippen LogP contribution in [-0.2, 0) is 6.54 Å². The van der Waals surface area contributed by atoms with Crippen LogP contribution in [0.4, 0.5) is 0 Å². The number of phenols is 1. The highest BCUT2D eigenvalue weighted by atomic mass is 127. The van der Waals surface area contributed by atoms with Gasteiger partial charge < -0.3 is 5.11 Å². The maximum Gasteiger partial charge on any atom is 0.116 e. The lowest BCUT2D eigenvalue weighted by Gasteiger charge is -2.11. The van der Waals surface area contributed by atoms with Gasteiger partial charge in [-0.15, -0.1) is 0 Å². The van der Waals surface area contributed by atoms with Gasteiger partial charge in [0.2, 0.25) is 0 Å². The molecule has 0 unspecified atom stereocenters. The number of halogens is 1. The van der Waals surface area contributed by atoms with Gasteiger partial charge in [-0.25, -0.2) is 3.11 Å². The number of hydrogen-bond donors (Lipinski definition) is 1. The number of phenolic OH excluding ortho intramolecular Hbond substituents is 1. The second-order valence-electron chi connectivity index (χ2n) is 3.11. The highest BCUT2D eigenvalue weighted by Crippen LogP contribution is 2.17. The van der Waals surface area contributed by atoms with E-state index >= 15 is 0 Å². The standard InChI is InChI=1S/C10H14INO/c1-3-12(11)7-9-4-8(2)5-10(13)6-9/h4-6,13H,3,7H2,1-2H3. The van der Waals surface area contributed by atoms with Crippen molar-refractivity contribution in [2.45, 2.75) is 20.4 Å². The first-order valence-corrected chi connectivity index (χ1v) is 5.28. The van der Waals surface area contributed by atoms with Crippen LogP contribution in [0.3, 0.4) is 0 Å². The van der Waals surface area contributed by atoms with Gasteiger partial charge in [-0.3, -0.25) is 0 Å². The van der Waals surface area contributed by atoms with Gasteiger partial charge in [0.15, 0.2) is 0 Å². The first-order chi connectivity index (χ1) is 6.11. The van der Waals surface area contributed by atoms with E-state index < -0.39 is 0 Å². The second-order valence-corrected chi connectivity index (χ2v) is 4.48. The van der Waals surface area contributed by atoms with Crippen molar-refractivity contribution in [2.24, 2.45) is 0 Å². The highest BCUT2D eigenvalue weighted by molar-refractivity contribution is 14.1. The van der Waals surface area contributed by atoms with Gasteiger partial charge in [0, 0.05) is 36.0 Å². The Hall–Kier alpha value is -0.290. The number of nitrogens with zero attached hydrogens (tertiary/aromatic N) is 1. The molecule has 1 N–H and O–H groups in total. The number of benzene rings is 1. The Kier molecular flexibility index (Phi) is 3.99. The number of aromatic hydroxyl groups is 1. The van der Waals surface area contributed by atoms with Crippen molar-refractivity contribution in [3.8, 4) is 5.75 Å². The Bertz CT molecular complexity index is 268. The van der Waals surface area contributed by atoms with Crippen LogP contribution in [0.5, 0.6) is 5.75 Å². The lowest BCUT2D eigenvalue weighted by atomic mass is 10.1. The van der Waals surface area contributed by atoms with Crippen molar-refractivity contribution < 1.29 is 5.11 Å². The smallest absolute Gasteiger partial charge is 0.116 e. The third-order valence-corrected chi connectivity index (χ3v) is 2.84. The summed E-state index contributed by atoms with van der Waals surface area (Å²) in [5.41, 5.74) is 2.27. The largest absolute Gasteiger partial charge is 0.508 e. The molecule has 0 atom stereocenters. The van der Waals surface area contributed by atoms with Crippen LogP contribution >= 0.6 is 22.9 Å². The molecule has 0 aliphatic rings. The molecule has 13 heavy (non-hydrogen) atoms. The molecule has 72 valence electrons. The maximum absolute atomic E-state index is 9.36. The van der Waals surface area contributed by atoms with Crippen molar-refractivity contribution in [1.29, 1.82) is 0 Å². The Morgan fingerprint density at radius 1 is 1.38 bits per heavy atom. The molecular formula is C10H14INO. The molecule has 0 fully saturated rings. The number of rotatable bonds is 3. The third kappa shape index (κ3) is 3.52. The summed E-state index contributed by atoms with van der Waals surface area (Å²) in [6.45, 7) is 6.00. The predicted molar refractivity (Wildman–Crippen MR) is 62.9 cm³/mol. The van der Waals surface area contributed by atoms with Crippen molar-refractivity contribution in [3.05, 3.63) is 29.3 Å². The minimum atomic E-state index is 0.357. The van der Waals surface area contributed by atoms with E-state index in [9.17, 15) is 5.11 Å². The minimum absolute atomic E-state index is 0.357. The summed E-state index contributed by atoms with van der Waals surface area (Å²) < 4.78 is 2.17. The van der Waals surface area contributed by atoms with E-state index in [2.05, 4.69) is 39.0 Å². The van der Waals surface area contributed by atoms with Crippen LogP contribution in [0.1, 0.15) is 18.1 Å². The Balaban J connectivity index is 2.77. The zero-order valence-electron chi connectivity index (χ0n) is 7.92. The summed E-state index contributed by atoms with van der Waals surface area (Å²) in [6, 6.07) is 5.68. The fraction of sp³-hybridized carbons (Fsp3) is 0.400. The molecule has 0 saturated carbocycles. The summed E-state index contributed by atoms with van der Waals surface area (Å²) in [5.74, 6) is 0.357. The normalized spacial score (nSPS) is 10.8. The predicted octanol–water partition coefficient (Wildman–Crippen LogP) is 2.87. The molecule has 0 spiro atoms. The molecule has 3 heteroatoms. The molecule has 0 heterocycles. The van der Waals surface area contributed by atoms with Crippen LogP contribution in [0.2, 0.25) is 0 Å². The quantitative estimate of drug-likeness (QED) is 0.684. The molecule has 2 nitrogen and oxygen atoms in total. The van der Waals surface area contributed by atoms with Crippen molar-refractivity contribution in [2.75, 3.05) is 6.54 Å². The van der Waals surface area contributed by atoms with Gasteiger partial charge in [0.1, 0.15) is 5.75 Å². The van der Waals surface area contributed by atoms with Crippen molar-refractivity contribution in [3.63, 3.8) is 0 Å². The first-order valence-electron chi connectivity index (χ1n) is 4.32. The molecular weight excluding hydrogens is 277 g/mol. The van der Waals surface area contributed by atoms with Crippen LogP contribution in [0.15, 0.2) is 18.2 Å². The van der Waals surface area contributed by atoms with Crippen LogP contribution in [0.25, 0.3) is 0 Å². The molecule has 0 aromatic heterocycles. The molecule has 0 bridgehead atoms. The van der Waals surface area contributed by atoms with Gasteiger partial charge in [0.05, 0.1) is 0 Å². The third-order valence-electron chi connectivity index (χ3n) is 1.82. The zero-order valence-corrected chi connectivity index (χ0v) is 10.1. The summed E-state index contributed by atoms with van der Waals surface area (Å²) in [4.78, 5) is 0. The summed E-state index contributed by atoms with van der Waals surface area (Å²) in [6.07, 6.45) is 0. The fourth-order valence-corrected chi connectivity index (χ4v) is 1.64. The maximum atomic E-state index is 9.36. The Morgan fingerprint density at radius 2 is 2.08 bits per heavy atom. The van der Waals surface area contributed by atoms with E-state index in [4.69, 9.17) is 0 Å². The summed E-state index contributed by atoms with van der Waals surface area (Å²) in [5, 5.41) is 9.36. The van der Waals surface area contributed by atoms with Gasteiger partial charge in [-0.05, 0) is 30.2 Å². The van der Waals surface area contributed by atoms with Crippen LogP contribution in [0, 0.1) is 6.92 Å². The van der Waals surface area contributed by atoms with E-state index in [1.54, 1.807) is 6.07 Å². The molecule has 0 amide bonds. The van der Waals surface area contributed by atoms with Crippen LogP contribution in [-0.4, -0.2) is 14.8 Å². The van der Waals surface area contributed by atoms with E-state index in [-0.39, 0.29) is 0 Å². The second kappa shape index (κ2) is 4.81. The van der Waals surface area contributed by atoms with Gasteiger partial charge in [0.25, 0.3) is 0 Å². The first kappa shape index (κ1) is 10.8. The van der Waals surface area contributed by atoms with E-state index in [1.807, 2.05) is 13.0 Å². The highest BCUT2D eigenvalue weighted by Gasteiger charge is 2.01. The summed E-state index contributed by atoms with van der Waals surface area (Å²) >= 11 is 2.28. The average molecular weight is 291 g/mol. The Morgan fingerprint density at radius 3 is 2.62 bits per heavy atom. The van der Waals surface area contributed by atoms with E-state index in [0.717, 1.165) is 24.2 Å². The molecule has 0 aliphatic heterocycles. The average Bonchev–Trinajstić information content (AvgIpc) is 2.02. The zero-order chi connectivity index (χ0) is 9.84. The monoisotopic (exact) mass is 291 g/mol. The molecule has 0 saturated heterocycles. The Labute approximate surface area is 93.1 Å². The van der Waals surface area contributed by atoms with E-state index in [1.165, 1.54) is 0 Å². The van der Waals surface area contributed by atoms with E-state index in [0.29, 0.717) is 5.75 Å². The molecule has 0 radical (unpaired) electrons. The number of hydrogen-bond acceptors (Lipinski definition) is 2. The van der Waals surface area contributed by atoms with Gasteiger partial charge >= 0.3 is 0 Å². The van der Waals surface area contributed by atoms with Crippen molar-refractivity contribution >= 4 is 22.9 Å². The molecule has 0 aliphatic carbocycles.